The van der Waals surface area contributed by atoms with E-state index in [0.29, 0.717) is 0 Å². The third-order valence-electron chi connectivity index (χ3n) is 4.34. The first-order valence-corrected chi connectivity index (χ1v) is 7.66. The molecule has 0 saturated carbocycles. The molecular formula is C17H28N2O. The van der Waals surface area contributed by atoms with Gasteiger partial charge in [0.15, 0.2) is 0 Å². The molecule has 1 aromatic carbocycles. The van der Waals surface area contributed by atoms with Gasteiger partial charge in [0.25, 0.3) is 0 Å². The highest BCUT2D eigenvalue weighted by Gasteiger charge is 2.23. The Kier molecular flexibility index (Phi) is 5.58. The molecule has 3 nitrogen and oxygen atoms in total. The molecule has 0 aliphatic carbocycles. The van der Waals surface area contributed by atoms with Crippen LogP contribution in [0, 0.1) is 11.8 Å². The first kappa shape index (κ1) is 15.5. The van der Waals surface area contributed by atoms with E-state index < -0.39 is 0 Å². The third kappa shape index (κ3) is 4.30. The van der Waals surface area contributed by atoms with Gasteiger partial charge in [0.1, 0.15) is 0 Å². The molecule has 0 radical (unpaired) electrons. The molecule has 1 fully saturated rings. The lowest BCUT2D eigenvalue weighted by Crippen LogP contribution is -2.32. The van der Waals surface area contributed by atoms with Crippen LogP contribution in [0.15, 0.2) is 30.3 Å². The largest absolute Gasteiger partial charge is 0.388 e. The van der Waals surface area contributed by atoms with Crippen molar-refractivity contribution in [2.75, 3.05) is 40.3 Å². The molecule has 1 aliphatic rings. The van der Waals surface area contributed by atoms with Gasteiger partial charge in [0.2, 0.25) is 0 Å². The summed E-state index contributed by atoms with van der Waals surface area (Å²) in [6, 6.07) is 9.98. The highest BCUT2D eigenvalue weighted by atomic mass is 16.3. The van der Waals surface area contributed by atoms with Crippen molar-refractivity contribution in [3.63, 3.8) is 0 Å². The maximum absolute atomic E-state index is 10.4. The summed E-state index contributed by atoms with van der Waals surface area (Å²) in [5.41, 5.74) is 1.02. The van der Waals surface area contributed by atoms with E-state index in [2.05, 4.69) is 30.8 Å². The Hall–Kier alpha value is -0.900. The Morgan fingerprint density at radius 3 is 2.65 bits per heavy atom. The van der Waals surface area contributed by atoms with E-state index in [1.807, 2.05) is 30.3 Å². The minimum Gasteiger partial charge on any atom is -0.388 e. The van der Waals surface area contributed by atoms with Gasteiger partial charge in [0.05, 0.1) is 6.10 Å². The molecule has 1 aromatic rings. The van der Waals surface area contributed by atoms with Crippen LogP contribution in [0.2, 0.25) is 0 Å². The molecule has 0 spiro atoms. The average Bonchev–Trinajstić information content (AvgIpc) is 2.84. The number of likely N-dealkylation sites (tertiary alicyclic amines) is 1. The standard InChI is InChI=1S/C17H28N2O/c1-14(17(20)16-7-5-4-6-8-16)11-19(3)13-15-9-10-18(2)12-15/h4-8,14-15,17,20H,9-13H2,1-3H3. The van der Waals surface area contributed by atoms with E-state index in [1.165, 1.54) is 19.5 Å². The molecular weight excluding hydrogens is 248 g/mol. The summed E-state index contributed by atoms with van der Waals surface area (Å²) < 4.78 is 0. The maximum Gasteiger partial charge on any atom is 0.0827 e. The van der Waals surface area contributed by atoms with Crippen molar-refractivity contribution in [2.24, 2.45) is 11.8 Å². The van der Waals surface area contributed by atoms with E-state index >= 15 is 0 Å². The van der Waals surface area contributed by atoms with E-state index in [0.717, 1.165) is 24.6 Å². The number of rotatable bonds is 6. The first-order chi connectivity index (χ1) is 9.56. The van der Waals surface area contributed by atoms with Crippen molar-refractivity contribution >= 4 is 0 Å². The predicted molar refractivity (Wildman–Crippen MR) is 83.7 cm³/mol. The fourth-order valence-corrected chi connectivity index (χ4v) is 3.26. The van der Waals surface area contributed by atoms with Gasteiger partial charge in [-0.2, -0.15) is 0 Å². The van der Waals surface area contributed by atoms with E-state index in [9.17, 15) is 5.11 Å². The Labute approximate surface area is 123 Å². The van der Waals surface area contributed by atoms with Gasteiger partial charge in [0, 0.05) is 19.6 Å². The molecule has 112 valence electrons. The fourth-order valence-electron chi connectivity index (χ4n) is 3.26. The minimum absolute atomic E-state index is 0.251. The number of nitrogens with zero attached hydrogens (tertiary/aromatic N) is 2. The van der Waals surface area contributed by atoms with Crippen LogP contribution in [-0.2, 0) is 0 Å². The topological polar surface area (TPSA) is 26.7 Å². The zero-order valence-corrected chi connectivity index (χ0v) is 13.0. The van der Waals surface area contributed by atoms with Crippen molar-refractivity contribution in [2.45, 2.75) is 19.4 Å². The summed E-state index contributed by atoms with van der Waals surface area (Å²) in [4.78, 5) is 4.78. The maximum atomic E-state index is 10.4. The van der Waals surface area contributed by atoms with Gasteiger partial charge >= 0.3 is 0 Å². The fraction of sp³-hybridized carbons (Fsp3) is 0.647. The highest BCUT2D eigenvalue weighted by molar-refractivity contribution is 5.17. The minimum atomic E-state index is -0.370. The smallest absolute Gasteiger partial charge is 0.0827 e. The van der Waals surface area contributed by atoms with Crippen LogP contribution in [0.4, 0.5) is 0 Å². The van der Waals surface area contributed by atoms with Crippen LogP contribution in [0.5, 0.6) is 0 Å². The molecule has 3 heteroatoms. The van der Waals surface area contributed by atoms with Crippen molar-refractivity contribution in [1.82, 2.24) is 9.80 Å². The SMILES string of the molecule is CC(CN(C)CC1CCN(C)C1)C(O)c1ccccc1. The average molecular weight is 276 g/mol. The van der Waals surface area contributed by atoms with Crippen LogP contribution in [-0.4, -0.2) is 55.2 Å². The van der Waals surface area contributed by atoms with E-state index in [4.69, 9.17) is 0 Å². The summed E-state index contributed by atoms with van der Waals surface area (Å²) >= 11 is 0. The molecule has 1 aliphatic heterocycles. The van der Waals surface area contributed by atoms with Crippen molar-refractivity contribution < 1.29 is 5.11 Å². The Bertz CT molecular complexity index is 395. The number of benzene rings is 1. The first-order valence-electron chi connectivity index (χ1n) is 7.66. The summed E-state index contributed by atoms with van der Waals surface area (Å²) in [6.07, 6.45) is 0.932. The van der Waals surface area contributed by atoms with Crippen LogP contribution >= 0.6 is 0 Å². The summed E-state index contributed by atoms with van der Waals surface area (Å²) in [6.45, 7) is 6.64. The molecule has 1 heterocycles. The lowest BCUT2D eigenvalue weighted by Gasteiger charge is -2.27. The second-order valence-corrected chi connectivity index (χ2v) is 6.47. The molecule has 1 N–H and O–H groups in total. The van der Waals surface area contributed by atoms with Crippen LogP contribution in [0.3, 0.4) is 0 Å². The summed E-state index contributed by atoms with van der Waals surface area (Å²) in [7, 11) is 4.37. The van der Waals surface area contributed by atoms with Gasteiger partial charge in [-0.25, -0.2) is 0 Å². The predicted octanol–water partition coefficient (Wildman–Crippen LogP) is 2.24. The zero-order valence-electron chi connectivity index (χ0n) is 13.0. The summed E-state index contributed by atoms with van der Waals surface area (Å²) in [5.74, 6) is 1.03. The van der Waals surface area contributed by atoms with Crippen LogP contribution in [0.25, 0.3) is 0 Å². The number of aliphatic hydroxyl groups is 1. The molecule has 0 aromatic heterocycles. The molecule has 2 rings (SSSR count). The lowest BCUT2D eigenvalue weighted by molar-refractivity contribution is 0.0912. The Morgan fingerprint density at radius 2 is 2.05 bits per heavy atom. The second-order valence-electron chi connectivity index (χ2n) is 6.47. The molecule has 1 saturated heterocycles. The molecule has 3 unspecified atom stereocenters. The highest BCUT2D eigenvalue weighted by Crippen LogP contribution is 2.23. The molecule has 20 heavy (non-hydrogen) atoms. The van der Waals surface area contributed by atoms with E-state index in [-0.39, 0.29) is 12.0 Å². The third-order valence-corrected chi connectivity index (χ3v) is 4.34. The molecule has 3 atom stereocenters. The lowest BCUT2D eigenvalue weighted by atomic mass is 9.96. The van der Waals surface area contributed by atoms with Gasteiger partial charge in [-0.3, -0.25) is 0 Å². The van der Waals surface area contributed by atoms with Crippen molar-refractivity contribution in [3.05, 3.63) is 35.9 Å². The molecule has 0 amide bonds. The van der Waals surface area contributed by atoms with Crippen molar-refractivity contribution in [3.8, 4) is 0 Å². The quantitative estimate of drug-likeness (QED) is 0.863. The number of hydrogen-bond donors (Lipinski definition) is 1. The van der Waals surface area contributed by atoms with Gasteiger partial charge < -0.3 is 14.9 Å². The Morgan fingerprint density at radius 1 is 1.35 bits per heavy atom. The second kappa shape index (κ2) is 7.21. The molecule has 0 bridgehead atoms. The number of aliphatic hydroxyl groups excluding tert-OH is 1. The van der Waals surface area contributed by atoms with Crippen LogP contribution < -0.4 is 0 Å². The normalized spacial score (nSPS) is 23.1. The van der Waals surface area contributed by atoms with Gasteiger partial charge in [-0.15, -0.1) is 0 Å². The van der Waals surface area contributed by atoms with Crippen LogP contribution in [0.1, 0.15) is 25.0 Å². The van der Waals surface area contributed by atoms with Crippen molar-refractivity contribution in [1.29, 1.82) is 0 Å². The number of hydrogen-bond acceptors (Lipinski definition) is 3. The monoisotopic (exact) mass is 276 g/mol. The van der Waals surface area contributed by atoms with Gasteiger partial charge in [-0.05, 0) is 44.5 Å². The van der Waals surface area contributed by atoms with E-state index in [1.54, 1.807) is 0 Å². The Balaban J connectivity index is 1.80. The summed E-state index contributed by atoms with van der Waals surface area (Å²) in [5, 5.41) is 10.4. The van der Waals surface area contributed by atoms with Gasteiger partial charge in [-0.1, -0.05) is 37.3 Å². The zero-order chi connectivity index (χ0) is 14.5.